The van der Waals surface area contributed by atoms with E-state index in [2.05, 4.69) is 0 Å². The number of benzene rings is 1. The first-order valence-electron chi connectivity index (χ1n) is 5.63. The van der Waals surface area contributed by atoms with Crippen LogP contribution in [-0.4, -0.2) is 25.1 Å². The Labute approximate surface area is 100 Å². The summed E-state index contributed by atoms with van der Waals surface area (Å²) in [7, 11) is 0. The topological polar surface area (TPSA) is 81.6 Å². The van der Waals surface area contributed by atoms with Crippen LogP contribution in [-0.2, 0) is 11.3 Å². The Hall–Kier alpha value is -1.59. The van der Waals surface area contributed by atoms with Gasteiger partial charge in [0, 0.05) is 19.1 Å². The van der Waals surface area contributed by atoms with Gasteiger partial charge >= 0.3 is 0 Å². The molecule has 0 saturated heterocycles. The molecule has 0 bridgehead atoms. The second-order valence-electron chi connectivity index (χ2n) is 4.28. The van der Waals surface area contributed by atoms with Crippen LogP contribution in [0.25, 0.3) is 0 Å². The lowest BCUT2D eigenvalue weighted by atomic mass is 10.1. The van der Waals surface area contributed by atoms with Crippen molar-refractivity contribution in [1.29, 1.82) is 0 Å². The van der Waals surface area contributed by atoms with Gasteiger partial charge in [-0.25, -0.2) is 0 Å². The molecule has 0 radical (unpaired) electrons. The Balaban J connectivity index is 2.37. The standard InChI is InChI=1S/C12H17N3O2/c1-8(14)6-15-10-4-9(5-13)2-3-11(10)17-7-12(15)16/h2-4,8H,5-7,13-14H2,1H3. The zero-order chi connectivity index (χ0) is 12.4. The van der Waals surface area contributed by atoms with Crippen LogP contribution in [0, 0.1) is 0 Å². The Morgan fingerprint density at radius 1 is 1.53 bits per heavy atom. The van der Waals surface area contributed by atoms with Crippen LogP contribution in [0.4, 0.5) is 5.69 Å². The monoisotopic (exact) mass is 235 g/mol. The quantitative estimate of drug-likeness (QED) is 0.785. The number of ether oxygens (including phenoxy) is 1. The molecule has 1 atom stereocenters. The number of amides is 1. The van der Waals surface area contributed by atoms with Crippen molar-refractivity contribution in [3.05, 3.63) is 23.8 Å². The molecule has 17 heavy (non-hydrogen) atoms. The van der Waals surface area contributed by atoms with Crippen molar-refractivity contribution in [2.45, 2.75) is 19.5 Å². The van der Waals surface area contributed by atoms with Gasteiger partial charge in [0.15, 0.2) is 6.61 Å². The smallest absolute Gasteiger partial charge is 0.265 e. The van der Waals surface area contributed by atoms with Crippen LogP contribution in [0.1, 0.15) is 12.5 Å². The summed E-state index contributed by atoms with van der Waals surface area (Å²) in [6.45, 7) is 2.87. The van der Waals surface area contributed by atoms with E-state index in [4.69, 9.17) is 16.2 Å². The van der Waals surface area contributed by atoms with E-state index < -0.39 is 0 Å². The Morgan fingerprint density at radius 3 is 2.94 bits per heavy atom. The summed E-state index contributed by atoms with van der Waals surface area (Å²) in [6, 6.07) is 5.55. The lowest BCUT2D eigenvalue weighted by Crippen LogP contribution is -2.44. The van der Waals surface area contributed by atoms with Crippen molar-refractivity contribution < 1.29 is 9.53 Å². The van der Waals surface area contributed by atoms with E-state index in [1.165, 1.54) is 0 Å². The van der Waals surface area contributed by atoms with Gasteiger partial charge in [-0.2, -0.15) is 0 Å². The van der Waals surface area contributed by atoms with E-state index in [0.29, 0.717) is 18.8 Å². The van der Waals surface area contributed by atoms with Gasteiger partial charge in [0.2, 0.25) is 0 Å². The molecule has 4 N–H and O–H groups in total. The third kappa shape index (κ3) is 2.40. The SMILES string of the molecule is CC(N)CN1C(=O)COc2ccc(CN)cc21. The number of nitrogens with zero attached hydrogens (tertiary/aromatic N) is 1. The molecule has 1 aliphatic heterocycles. The third-order valence-electron chi connectivity index (χ3n) is 2.67. The van der Waals surface area contributed by atoms with Crippen LogP contribution in [0.5, 0.6) is 5.75 Å². The molecule has 5 nitrogen and oxygen atoms in total. The predicted octanol–water partition coefficient (Wildman–Crippen LogP) is 0.218. The summed E-state index contributed by atoms with van der Waals surface area (Å²) in [6.07, 6.45) is 0. The minimum absolute atomic E-state index is 0.0658. The summed E-state index contributed by atoms with van der Waals surface area (Å²) in [5, 5.41) is 0. The van der Waals surface area contributed by atoms with Gasteiger partial charge in [0.05, 0.1) is 5.69 Å². The van der Waals surface area contributed by atoms with E-state index in [9.17, 15) is 4.79 Å². The molecule has 2 rings (SSSR count). The predicted molar refractivity (Wildman–Crippen MR) is 65.8 cm³/mol. The Bertz CT molecular complexity index is 432. The maximum atomic E-state index is 11.8. The highest BCUT2D eigenvalue weighted by Crippen LogP contribution is 2.32. The first-order valence-corrected chi connectivity index (χ1v) is 5.63. The third-order valence-corrected chi connectivity index (χ3v) is 2.67. The van der Waals surface area contributed by atoms with Crippen molar-refractivity contribution >= 4 is 11.6 Å². The maximum absolute atomic E-state index is 11.8. The Morgan fingerprint density at radius 2 is 2.29 bits per heavy atom. The van der Waals surface area contributed by atoms with Gasteiger partial charge in [0.25, 0.3) is 5.91 Å². The average Bonchev–Trinajstić information content (AvgIpc) is 2.32. The maximum Gasteiger partial charge on any atom is 0.265 e. The van der Waals surface area contributed by atoms with Crippen molar-refractivity contribution in [3.8, 4) is 5.75 Å². The molecule has 0 spiro atoms. The van der Waals surface area contributed by atoms with Crippen molar-refractivity contribution in [2.24, 2.45) is 11.5 Å². The lowest BCUT2D eigenvalue weighted by molar-refractivity contribution is -0.121. The Kier molecular flexibility index (Phi) is 3.31. The summed E-state index contributed by atoms with van der Waals surface area (Å²) >= 11 is 0. The highest BCUT2D eigenvalue weighted by Gasteiger charge is 2.26. The summed E-state index contributed by atoms with van der Waals surface area (Å²) in [5.74, 6) is 0.645. The summed E-state index contributed by atoms with van der Waals surface area (Å²) in [4.78, 5) is 13.5. The number of anilines is 1. The van der Waals surface area contributed by atoms with Crippen LogP contribution < -0.4 is 21.1 Å². The fourth-order valence-corrected chi connectivity index (χ4v) is 1.86. The molecule has 0 fully saturated rings. The van der Waals surface area contributed by atoms with Crippen molar-refractivity contribution in [2.75, 3.05) is 18.1 Å². The molecular weight excluding hydrogens is 218 g/mol. The molecular formula is C12H17N3O2. The fraction of sp³-hybridized carbons (Fsp3) is 0.417. The van der Waals surface area contributed by atoms with Gasteiger partial charge < -0.3 is 21.1 Å². The number of fused-ring (bicyclic) bond motifs is 1. The molecule has 1 heterocycles. The lowest BCUT2D eigenvalue weighted by Gasteiger charge is -2.30. The molecule has 0 aromatic heterocycles. The van der Waals surface area contributed by atoms with Crippen LogP contribution in [0.15, 0.2) is 18.2 Å². The van der Waals surface area contributed by atoms with Gasteiger partial charge in [-0.1, -0.05) is 6.07 Å². The molecule has 0 aliphatic carbocycles. The second kappa shape index (κ2) is 4.73. The number of carbonyl (C=O) groups is 1. The zero-order valence-corrected chi connectivity index (χ0v) is 9.85. The number of hydrogen-bond donors (Lipinski definition) is 2. The van der Waals surface area contributed by atoms with Gasteiger partial charge in [-0.3, -0.25) is 4.79 Å². The number of rotatable bonds is 3. The fourth-order valence-electron chi connectivity index (χ4n) is 1.86. The van der Waals surface area contributed by atoms with Gasteiger partial charge in [0.1, 0.15) is 5.75 Å². The number of hydrogen-bond acceptors (Lipinski definition) is 4. The molecule has 1 amide bonds. The van der Waals surface area contributed by atoms with E-state index >= 15 is 0 Å². The van der Waals surface area contributed by atoms with E-state index in [0.717, 1.165) is 11.3 Å². The van der Waals surface area contributed by atoms with Crippen LogP contribution in [0.3, 0.4) is 0 Å². The first-order chi connectivity index (χ1) is 8.11. The zero-order valence-electron chi connectivity index (χ0n) is 9.85. The average molecular weight is 235 g/mol. The molecule has 1 aromatic rings. The minimum atomic E-state index is -0.0774. The normalized spacial score (nSPS) is 16.4. The molecule has 92 valence electrons. The molecule has 1 aliphatic rings. The summed E-state index contributed by atoms with van der Waals surface area (Å²) in [5.41, 5.74) is 13.1. The second-order valence-corrected chi connectivity index (χ2v) is 4.28. The van der Waals surface area contributed by atoms with Crippen LogP contribution >= 0.6 is 0 Å². The largest absolute Gasteiger partial charge is 0.482 e. The van der Waals surface area contributed by atoms with Crippen molar-refractivity contribution in [3.63, 3.8) is 0 Å². The highest BCUT2D eigenvalue weighted by atomic mass is 16.5. The van der Waals surface area contributed by atoms with E-state index in [-0.39, 0.29) is 18.6 Å². The molecule has 5 heteroatoms. The van der Waals surface area contributed by atoms with E-state index in [1.807, 2.05) is 25.1 Å². The molecule has 1 unspecified atom stereocenters. The minimum Gasteiger partial charge on any atom is -0.482 e. The number of nitrogens with two attached hydrogens (primary N) is 2. The van der Waals surface area contributed by atoms with E-state index in [1.54, 1.807) is 4.90 Å². The summed E-state index contributed by atoms with van der Waals surface area (Å²) < 4.78 is 5.37. The highest BCUT2D eigenvalue weighted by molar-refractivity contribution is 5.98. The van der Waals surface area contributed by atoms with Crippen molar-refractivity contribution in [1.82, 2.24) is 0 Å². The molecule has 0 saturated carbocycles. The van der Waals surface area contributed by atoms with Gasteiger partial charge in [-0.15, -0.1) is 0 Å². The van der Waals surface area contributed by atoms with Gasteiger partial charge in [-0.05, 0) is 24.6 Å². The molecule has 1 aromatic carbocycles. The first kappa shape index (κ1) is 11.9. The number of carbonyl (C=O) groups excluding carboxylic acids is 1. The van der Waals surface area contributed by atoms with Crippen LogP contribution in [0.2, 0.25) is 0 Å².